The van der Waals surface area contributed by atoms with E-state index in [0.29, 0.717) is 4.90 Å². The van der Waals surface area contributed by atoms with Crippen LogP contribution >= 0.6 is 0 Å². The standard InChI is InChI=1S/C11H15NO5/c1-4-7(2)11(3,16)8(13)9(14)12-5-6-17-10(12)15/h4,7,16H,1,5-6H2,2-3H3/t7-,11-/m1/s1. The largest absolute Gasteiger partial charge is 0.447 e. The minimum absolute atomic E-state index is 0.0297. The number of ketones is 1. The number of rotatable bonds is 4. The van der Waals surface area contributed by atoms with Gasteiger partial charge in [-0.05, 0) is 6.92 Å². The van der Waals surface area contributed by atoms with Crippen LogP contribution in [0.5, 0.6) is 0 Å². The second-order valence-corrected chi connectivity index (χ2v) is 4.07. The maximum atomic E-state index is 11.8. The van der Waals surface area contributed by atoms with Crippen LogP contribution in [0.4, 0.5) is 4.79 Å². The van der Waals surface area contributed by atoms with Gasteiger partial charge in [0.2, 0.25) is 0 Å². The number of amides is 2. The highest BCUT2D eigenvalue weighted by Crippen LogP contribution is 2.20. The van der Waals surface area contributed by atoms with Crippen LogP contribution in [-0.4, -0.2) is 46.5 Å². The molecule has 0 aromatic heterocycles. The Labute approximate surface area is 98.8 Å². The average molecular weight is 241 g/mol. The van der Waals surface area contributed by atoms with Gasteiger partial charge in [0, 0.05) is 5.92 Å². The molecular weight excluding hydrogens is 226 g/mol. The Morgan fingerprint density at radius 3 is 2.65 bits per heavy atom. The summed E-state index contributed by atoms with van der Waals surface area (Å²) in [6.45, 7) is 6.33. The molecule has 0 aromatic carbocycles. The van der Waals surface area contributed by atoms with E-state index in [1.165, 1.54) is 13.0 Å². The second-order valence-electron chi connectivity index (χ2n) is 4.07. The molecule has 1 heterocycles. The number of Topliss-reactive ketones (excluding diaryl/α,β-unsaturated/α-hetero) is 1. The lowest BCUT2D eigenvalue weighted by molar-refractivity contribution is -0.154. The summed E-state index contributed by atoms with van der Waals surface area (Å²) >= 11 is 0. The summed E-state index contributed by atoms with van der Waals surface area (Å²) < 4.78 is 4.55. The number of cyclic esters (lactones) is 1. The van der Waals surface area contributed by atoms with Crippen molar-refractivity contribution in [3.63, 3.8) is 0 Å². The Morgan fingerprint density at radius 2 is 2.24 bits per heavy atom. The first kappa shape index (κ1) is 13.4. The van der Waals surface area contributed by atoms with E-state index in [1.807, 2.05) is 0 Å². The summed E-state index contributed by atoms with van der Waals surface area (Å²) in [7, 11) is 0. The van der Waals surface area contributed by atoms with Gasteiger partial charge in [-0.3, -0.25) is 9.59 Å². The number of ether oxygens (including phenoxy) is 1. The number of hydrogen-bond acceptors (Lipinski definition) is 5. The zero-order valence-electron chi connectivity index (χ0n) is 9.80. The number of hydrogen-bond donors (Lipinski definition) is 1. The van der Waals surface area contributed by atoms with E-state index in [9.17, 15) is 19.5 Å². The van der Waals surface area contributed by atoms with Crippen molar-refractivity contribution in [2.45, 2.75) is 19.4 Å². The smallest absolute Gasteiger partial charge is 0.417 e. The Morgan fingerprint density at radius 1 is 1.65 bits per heavy atom. The molecule has 0 radical (unpaired) electrons. The van der Waals surface area contributed by atoms with Gasteiger partial charge >= 0.3 is 12.0 Å². The van der Waals surface area contributed by atoms with Gasteiger partial charge in [-0.2, -0.15) is 0 Å². The molecule has 2 amide bonds. The molecule has 17 heavy (non-hydrogen) atoms. The number of carbonyl (C=O) groups is 3. The highest BCUT2D eigenvalue weighted by Gasteiger charge is 2.44. The molecule has 6 nitrogen and oxygen atoms in total. The van der Waals surface area contributed by atoms with Crippen LogP contribution < -0.4 is 0 Å². The molecule has 1 aliphatic rings. The van der Waals surface area contributed by atoms with E-state index in [4.69, 9.17) is 0 Å². The lowest BCUT2D eigenvalue weighted by Gasteiger charge is -2.26. The summed E-state index contributed by atoms with van der Waals surface area (Å²) in [4.78, 5) is 35.3. The molecule has 2 atom stereocenters. The Kier molecular flexibility index (Phi) is 3.67. The van der Waals surface area contributed by atoms with Crippen molar-refractivity contribution in [2.75, 3.05) is 13.2 Å². The van der Waals surface area contributed by atoms with Crippen molar-refractivity contribution in [3.8, 4) is 0 Å². The van der Waals surface area contributed by atoms with Crippen LogP contribution in [0.2, 0.25) is 0 Å². The van der Waals surface area contributed by atoms with E-state index in [0.717, 1.165) is 0 Å². The van der Waals surface area contributed by atoms with E-state index in [1.54, 1.807) is 6.92 Å². The van der Waals surface area contributed by atoms with E-state index >= 15 is 0 Å². The highest BCUT2D eigenvalue weighted by atomic mass is 16.6. The average Bonchev–Trinajstić information content (AvgIpc) is 2.72. The number of carbonyl (C=O) groups excluding carboxylic acids is 3. The molecule has 0 bridgehead atoms. The predicted octanol–water partition coefficient (Wildman–Crippen LogP) is 0.107. The van der Waals surface area contributed by atoms with Crippen LogP contribution in [0.3, 0.4) is 0 Å². The van der Waals surface area contributed by atoms with Crippen molar-refractivity contribution >= 4 is 17.8 Å². The molecule has 6 heteroatoms. The third-order valence-corrected chi connectivity index (χ3v) is 2.90. The quantitative estimate of drug-likeness (QED) is 0.557. The van der Waals surface area contributed by atoms with Crippen molar-refractivity contribution in [3.05, 3.63) is 12.7 Å². The van der Waals surface area contributed by atoms with Crippen molar-refractivity contribution in [2.24, 2.45) is 5.92 Å². The molecule has 1 saturated heterocycles. The molecule has 0 aromatic rings. The maximum Gasteiger partial charge on any atom is 0.417 e. The number of imide groups is 1. The minimum Gasteiger partial charge on any atom is -0.447 e. The molecule has 1 fully saturated rings. The second kappa shape index (κ2) is 4.67. The van der Waals surface area contributed by atoms with Gasteiger partial charge in [0.05, 0.1) is 6.54 Å². The zero-order chi connectivity index (χ0) is 13.2. The minimum atomic E-state index is -1.87. The molecule has 1 rings (SSSR count). The van der Waals surface area contributed by atoms with Gasteiger partial charge in [-0.1, -0.05) is 13.0 Å². The van der Waals surface area contributed by atoms with E-state index in [2.05, 4.69) is 11.3 Å². The molecule has 0 saturated carbocycles. The van der Waals surface area contributed by atoms with Crippen LogP contribution in [0.25, 0.3) is 0 Å². The first-order chi connectivity index (χ1) is 7.82. The molecule has 1 N–H and O–H groups in total. The molecule has 0 aliphatic carbocycles. The summed E-state index contributed by atoms with van der Waals surface area (Å²) in [5, 5.41) is 9.95. The number of aliphatic hydroxyl groups is 1. The summed E-state index contributed by atoms with van der Waals surface area (Å²) in [6, 6.07) is 0. The highest BCUT2D eigenvalue weighted by molar-refractivity contribution is 6.41. The first-order valence-electron chi connectivity index (χ1n) is 5.20. The SMILES string of the molecule is C=C[C@@H](C)[C@@](C)(O)C(=O)C(=O)N1CCOC1=O. The van der Waals surface area contributed by atoms with Gasteiger partial charge in [0.25, 0.3) is 5.78 Å². The fourth-order valence-electron chi connectivity index (χ4n) is 1.35. The summed E-state index contributed by atoms with van der Waals surface area (Å²) in [5.41, 5.74) is -1.87. The third-order valence-electron chi connectivity index (χ3n) is 2.90. The van der Waals surface area contributed by atoms with Gasteiger partial charge in [-0.25, -0.2) is 9.69 Å². The van der Waals surface area contributed by atoms with Crippen molar-refractivity contribution < 1.29 is 24.2 Å². The molecule has 1 aliphatic heterocycles. The molecule has 94 valence electrons. The lowest BCUT2D eigenvalue weighted by Crippen LogP contribution is -2.50. The Bertz CT molecular complexity index is 374. The summed E-state index contributed by atoms with van der Waals surface area (Å²) in [5.74, 6) is -2.69. The van der Waals surface area contributed by atoms with Crippen LogP contribution in [0, 0.1) is 5.92 Å². The van der Waals surface area contributed by atoms with Crippen LogP contribution in [0.1, 0.15) is 13.8 Å². The topological polar surface area (TPSA) is 83.9 Å². The van der Waals surface area contributed by atoms with Crippen molar-refractivity contribution in [1.29, 1.82) is 0 Å². The van der Waals surface area contributed by atoms with Gasteiger partial charge in [0.1, 0.15) is 12.2 Å². The van der Waals surface area contributed by atoms with E-state index in [-0.39, 0.29) is 13.2 Å². The van der Waals surface area contributed by atoms with Gasteiger partial charge in [0.15, 0.2) is 0 Å². The fraction of sp³-hybridized carbons (Fsp3) is 0.545. The first-order valence-corrected chi connectivity index (χ1v) is 5.20. The summed E-state index contributed by atoms with van der Waals surface area (Å²) in [6.07, 6.45) is 0.512. The fourth-order valence-corrected chi connectivity index (χ4v) is 1.35. The number of nitrogens with zero attached hydrogens (tertiary/aromatic N) is 1. The van der Waals surface area contributed by atoms with E-state index < -0.39 is 29.3 Å². The monoisotopic (exact) mass is 241 g/mol. The lowest BCUT2D eigenvalue weighted by atomic mass is 9.86. The van der Waals surface area contributed by atoms with Gasteiger partial charge in [-0.15, -0.1) is 6.58 Å². The predicted molar refractivity (Wildman–Crippen MR) is 58.1 cm³/mol. The Hall–Kier alpha value is -1.69. The normalized spacial score (nSPS) is 20.4. The Balaban J connectivity index is 2.86. The zero-order valence-corrected chi connectivity index (χ0v) is 9.80. The maximum absolute atomic E-state index is 11.8. The third kappa shape index (κ3) is 2.36. The molecule has 0 unspecified atom stereocenters. The van der Waals surface area contributed by atoms with Crippen LogP contribution in [0.15, 0.2) is 12.7 Å². The van der Waals surface area contributed by atoms with Gasteiger partial charge < -0.3 is 9.84 Å². The van der Waals surface area contributed by atoms with Crippen molar-refractivity contribution in [1.82, 2.24) is 4.90 Å². The molecule has 0 spiro atoms. The van der Waals surface area contributed by atoms with Crippen LogP contribution in [-0.2, 0) is 14.3 Å². The molecular formula is C11H15NO5.